The minimum absolute atomic E-state index is 0.298. The molecule has 0 radical (unpaired) electrons. The average molecular weight is 336 g/mol. The lowest BCUT2D eigenvalue weighted by atomic mass is 10.1. The third-order valence-corrected chi connectivity index (χ3v) is 4.54. The molecule has 2 rings (SSSR count). The van der Waals surface area contributed by atoms with Crippen molar-refractivity contribution < 1.29 is 5.11 Å². The molecule has 0 fully saturated rings. The topological polar surface area (TPSA) is 92.9 Å². The lowest BCUT2D eigenvalue weighted by Crippen LogP contribution is -2.29. The van der Waals surface area contributed by atoms with Crippen LogP contribution in [0.3, 0.4) is 0 Å². The maximum atomic E-state index is 12.0. The molecule has 2 N–H and O–H groups in total. The van der Waals surface area contributed by atoms with Crippen molar-refractivity contribution in [3.8, 4) is 0 Å². The Bertz CT molecular complexity index is 772. The summed E-state index contributed by atoms with van der Waals surface area (Å²) in [4.78, 5) is 30.4. The molecule has 0 aliphatic rings. The quantitative estimate of drug-likeness (QED) is 0.645. The predicted molar refractivity (Wildman–Crippen MR) is 94.3 cm³/mol. The zero-order valence-electron chi connectivity index (χ0n) is 14.7. The van der Waals surface area contributed by atoms with Crippen molar-refractivity contribution in [2.45, 2.75) is 57.8 Å². The molecule has 0 spiro atoms. The van der Waals surface area contributed by atoms with Crippen molar-refractivity contribution in [3.05, 3.63) is 26.7 Å². The minimum atomic E-state index is -0.432. The van der Waals surface area contributed by atoms with E-state index in [0.29, 0.717) is 17.8 Å². The summed E-state index contributed by atoms with van der Waals surface area (Å²) >= 11 is 0. The monoisotopic (exact) mass is 336 g/mol. The lowest BCUT2D eigenvalue weighted by Gasteiger charge is -2.03. The van der Waals surface area contributed by atoms with Gasteiger partial charge in [-0.15, -0.1) is 0 Å². The summed E-state index contributed by atoms with van der Waals surface area (Å²) in [5, 5.41) is 8.72. The summed E-state index contributed by atoms with van der Waals surface area (Å²) in [6, 6.07) is 0. The molecule has 2 aromatic rings. The van der Waals surface area contributed by atoms with Gasteiger partial charge < -0.3 is 9.67 Å². The molecule has 7 nitrogen and oxygen atoms in total. The Kier molecular flexibility index (Phi) is 6.78. The highest BCUT2D eigenvalue weighted by atomic mass is 16.3. The molecule has 24 heavy (non-hydrogen) atoms. The molecule has 0 saturated heterocycles. The zero-order chi connectivity index (χ0) is 17.5. The minimum Gasteiger partial charge on any atom is -0.396 e. The number of nitrogens with zero attached hydrogens (tertiary/aromatic N) is 3. The highest BCUT2D eigenvalue weighted by Gasteiger charge is 2.14. The molecule has 0 aliphatic heterocycles. The summed E-state index contributed by atoms with van der Waals surface area (Å²) in [6.45, 7) is 0.298. The third-order valence-electron chi connectivity index (χ3n) is 4.54. The van der Waals surface area contributed by atoms with Gasteiger partial charge in [0.25, 0.3) is 5.56 Å². The van der Waals surface area contributed by atoms with Crippen molar-refractivity contribution in [1.82, 2.24) is 19.1 Å². The largest absolute Gasteiger partial charge is 0.396 e. The van der Waals surface area contributed by atoms with Crippen LogP contribution < -0.4 is 11.2 Å². The van der Waals surface area contributed by atoms with Gasteiger partial charge >= 0.3 is 5.69 Å². The first-order valence-electron chi connectivity index (χ1n) is 8.81. The normalized spacial score (nSPS) is 11.5. The molecule has 2 heterocycles. The van der Waals surface area contributed by atoms with E-state index in [9.17, 15) is 9.59 Å². The second-order valence-corrected chi connectivity index (χ2v) is 6.38. The molecule has 0 saturated carbocycles. The van der Waals surface area contributed by atoms with Gasteiger partial charge in [-0.25, -0.2) is 9.78 Å². The van der Waals surface area contributed by atoms with E-state index in [1.165, 1.54) is 30.3 Å². The molecule has 134 valence electrons. The number of aryl methyl sites for hydroxylation is 3. The zero-order valence-corrected chi connectivity index (χ0v) is 14.7. The molecule has 0 bridgehead atoms. The van der Waals surface area contributed by atoms with Gasteiger partial charge in [0.15, 0.2) is 11.2 Å². The van der Waals surface area contributed by atoms with Gasteiger partial charge in [0.1, 0.15) is 5.82 Å². The van der Waals surface area contributed by atoms with Crippen LogP contribution in [-0.2, 0) is 20.5 Å². The number of rotatable bonds is 10. The van der Waals surface area contributed by atoms with Gasteiger partial charge in [0, 0.05) is 27.1 Å². The van der Waals surface area contributed by atoms with Crippen molar-refractivity contribution in [2.24, 2.45) is 14.1 Å². The summed E-state index contributed by atoms with van der Waals surface area (Å²) in [6.07, 6.45) is 9.84. The number of hydrogen-bond acceptors (Lipinski definition) is 4. The summed E-state index contributed by atoms with van der Waals surface area (Å²) in [5.41, 5.74) is 0.0942. The van der Waals surface area contributed by atoms with Crippen LogP contribution in [0.5, 0.6) is 0 Å². The molecule has 0 aromatic carbocycles. The number of unbranched alkanes of at least 4 members (excludes halogenated alkanes) is 7. The second-order valence-electron chi connectivity index (χ2n) is 6.38. The van der Waals surface area contributed by atoms with E-state index in [2.05, 4.69) is 9.97 Å². The standard InChI is InChI=1S/C17H28N4O3/c1-20-13(11-9-7-5-3-4-6-8-10-12-22)18-15-14(20)16(23)19-17(24)21(15)2/h22H,3-12H2,1-2H3,(H,19,23,24). The fraction of sp³-hybridized carbons (Fsp3) is 0.706. The van der Waals surface area contributed by atoms with E-state index in [1.807, 2.05) is 7.05 Å². The van der Waals surface area contributed by atoms with Gasteiger partial charge in [-0.1, -0.05) is 38.5 Å². The number of H-pyrrole nitrogens is 1. The highest BCUT2D eigenvalue weighted by molar-refractivity contribution is 5.70. The number of hydrogen-bond donors (Lipinski definition) is 2. The van der Waals surface area contributed by atoms with Crippen molar-refractivity contribution in [1.29, 1.82) is 0 Å². The molecular weight excluding hydrogens is 308 g/mol. The third kappa shape index (κ3) is 4.35. The second kappa shape index (κ2) is 8.82. The number of imidazole rings is 1. The molecule has 0 aliphatic carbocycles. The number of aliphatic hydroxyl groups excluding tert-OH is 1. The van der Waals surface area contributed by atoms with E-state index in [-0.39, 0.29) is 5.56 Å². The van der Waals surface area contributed by atoms with E-state index in [1.54, 1.807) is 11.6 Å². The van der Waals surface area contributed by atoms with E-state index in [4.69, 9.17) is 5.11 Å². The summed E-state index contributed by atoms with van der Waals surface area (Å²) < 4.78 is 3.18. The van der Waals surface area contributed by atoms with Crippen LogP contribution in [0.4, 0.5) is 0 Å². The number of aromatic nitrogens is 4. The Labute approximate surface area is 141 Å². The number of aliphatic hydroxyl groups is 1. The fourth-order valence-corrected chi connectivity index (χ4v) is 3.03. The Hall–Kier alpha value is -1.89. The molecular formula is C17H28N4O3. The van der Waals surface area contributed by atoms with E-state index >= 15 is 0 Å². The van der Waals surface area contributed by atoms with E-state index < -0.39 is 5.69 Å². The SMILES string of the molecule is Cn1c(CCCCCCCCCCO)nc2c1c(=O)[nH]c(=O)n2C. The molecule has 0 unspecified atom stereocenters. The van der Waals surface area contributed by atoms with Gasteiger partial charge in [-0.2, -0.15) is 0 Å². The van der Waals surface area contributed by atoms with Crippen LogP contribution in [0, 0.1) is 0 Å². The Balaban J connectivity index is 1.85. The van der Waals surface area contributed by atoms with E-state index in [0.717, 1.165) is 37.9 Å². The number of fused-ring (bicyclic) bond motifs is 1. The van der Waals surface area contributed by atoms with Crippen LogP contribution in [0.2, 0.25) is 0 Å². The first kappa shape index (κ1) is 18.4. The first-order chi connectivity index (χ1) is 11.6. The number of aromatic amines is 1. The highest BCUT2D eigenvalue weighted by Crippen LogP contribution is 2.13. The smallest absolute Gasteiger partial charge is 0.329 e. The van der Waals surface area contributed by atoms with Gasteiger partial charge in [0.05, 0.1) is 0 Å². The average Bonchev–Trinajstić information content (AvgIpc) is 2.89. The van der Waals surface area contributed by atoms with Crippen molar-refractivity contribution in [2.75, 3.05) is 6.61 Å². The Morgan fingerprint density at radius 2 is 1.50 bits per heavy atom. The summed E-state index contributed by atoms with van der Waals surface area (Å²) in [5.74, 6) is 0.847. The van der Waals surface area contributed by atoms with Crippen LogP contribution in [0.15, 0.2) is 9.59 Å². The maximum Gasteiger partial charge on any atom is 0.329 e. The van der Waals surface area contributed by atoms with Crippen molar-refractivity contribution >= 4 is 11.2 Å². The molecule has 0 atom stereocenters. The molecule has 7 heteroatoms. The molecule has 0 amide bonds. The Morgan fingerprint density at radius 3 is 2.12 bits per heavy atom. The molecule has 2 aromatic heterocycles. The van der Waals surface area contributed by atoms with Crippen molar-refractivity contribution in [3.63, 3.8) is 0 Å². The van der Waals surface area contributed by atoms with Crippen LogP contribution in [-0.4, -0.2) is 30.8 Å². The fourth-order valence-electron chi connectivity index (χ4n) is 3.03. The van der Waals surface area contributed by atoms with Crippen LogP contribution in [0.25, 0.3) is 11.2 Å². The maximum absolute atomic E-state index is 12.0. The number of nitrogens with one attached hydrogen (secondary N) is 1. The van der Waals surface area contributed by atoms with Crippen LogP contribution in [0.1, 0.15) is 57.2 Å². The Morgan fingerprint density at radius 1 is 0.917 bits per heavy atom. The van der Waals surface area contributed by atoms with Gasteiger partial charge in [-0.05, 0) is 12.8 Å². The first-order valence-corrected chi connectivity index (χ1v) is 8.81. The lowest BCUT2D eigenvalue weighted by molar-refractivity contribution is 0.282. The summed E-state index contributed by atoms with van der Waals surface area (Å²) in [7, 11) is 3.44. The van der Waals surface area contributed by atoms with Gasteiger partial charge in [0.2, 0.25) is 0 Å². The van der Waals surface area contributed by atoms with Gasteiger partial charge in [-0.3, -0.25) is 14.3 Å². The van der Waals surface area contributed by atoms with Crippen LogP contribution >= 0.6 is 0 Å². The predicted octanol–water partition coefficient (Wildman–Crippen LogP) is 1.62.